The van der Waals surface area contributed by atoms with Gasteiger partial charge in [0.2, 0.25) is 0 Å². The number of halogens is 1. The summed E-state index contributed by atoms with van der Waals surface area (Å²) in [6.07, 6.45) is 0. The summed E-state index contributed by atoms with van der Waals surface area (Å²) in [5.41, 5.74) is 0. The maximum atomic E-state index is 3.36. The van der Waals surface area contributed by atoms with E-state index < -0.39 is 0 Å². The lowest BCUT2D eigenvalue weighted by atomic mass is 10.3. The second-order valence-electron chi connectivity index (χ2n) is 3.13. The molecule has 1 rings (SSSR count). The number of hydrogen-bond acceptors (Lipinski definition) is 1. The van der Waals surface area contributed by atoms with Crippen molar-refractivity contribution in [2.75, 3.05) is 39.8 Å². The van der Waals surface area contributed by atoms with Crippen molar-refractivity contribution in [3.63, 3.8) is 0 Å². The van der Waals surface area contributed by atoms with Gasteiger partial charge in [-0.15, -0.1) is 0 Å². The Kier molecular flexibility index (Phi) is 4.49. The fourth-order valence-electron chi connectivity index (χ4n) is 1.25. The molecule has 1 aliphatic rings. The first-order valence-electron chi connectivity index (χ1n) is 3.81. The second kappa shape index (κ2) is 4.31. The average molecular weight is 209 g/mol. The number of hydrogen-bond donors (Lipinski definition) is 1. The third-order valence-corrected chi connectivity index (χ3v) is 2.42. The van der Waals surface area contributed by atoms with Gasteiger partial charge in [-0.2, -0.15) is 0 Å². The van der Waals surface area contributed by atoms with Gasteiger partial charge in [0.05, 0.1) is 26.7 Å². The molecule has 62 valence electrons. The van der Waals surface area contributed by atoms with Crippen LogP contribution in [-0.2, 0) is 0 Å². The molecule has 2 nitrogen and oxygen atoms in total. The minimum absolute atomic E-state index is 0. The van der Waals surface area contributed by atoms with Gasteiger partial charge in [-0.05, 0) is 6.92 Å². The van der Waals surface area contributed by atoms with Gasteiger partial charge in [-0.3, -0.25) is 0 Å². The van der Waals surface area contributed by atoms with Crippen molar-refractivity contribution in [1.29, 1.82) is 0 Å². The molecule has 1 fully saturated rings. The summed E-state index contributed by atoms with van der Waals surface area (Å²) in [5, 5.41) is 3.36. The third kappa shape index (κ3) is 2.56. The van der Waals surface area contributed by atoms with Gasteiger partial charge < -0.3 is 26.8 Å². The lowest BCUT2D eigenvalue weighted by Gasteiger charge is -2.36. The highest BCUT2D eigenvalue weighted by atomic mass is 79.9. The first kappa shape index (κ1) is 10.4. The van der Waals surface area contributed by atoms with Crippen molar-refractivity contribution < 1.29 is 21.5 Å². The first-order valence-corrected chi connectivity index (χ1v) is 3.81. The Hall–Kier alpha value is 0.400. The van der Waals surface area contributed by atoms with Crippen molar-refractivity contribution in [3.05, 3.63) is 0 Å². The predicted molar refractivity (Wildman–Crippen MR) is 39.3 cm³/mol. The van der Waals surface area contributed by atoms with Gasteiger partial charge in [-0.25, -0.2) is 0 Å². The van der Waals surface area contributed by atoms with E-state index in [0.29, 0.717) is 0 Å². The standard InChI is InChI=1S/C7H17N2.BrH/c1-3-9(2)6-4-8-5-7-9;/h8H,3-7H2,1-2H3;1H/q+1;/p-1. The van der Waals surface area contributed by atoms with E-state index in [1.165, 1.54) is 37.2 Å². The largest absolute Gasteiger partial charge is 1.00 e. The Balaban J connectivity index is 0.000000810. The van der Waals surface area contributed by atoms with E-state index in [0.717, 1.165) is 0 Å². The zero-order chi connectivity index (χ0) is 6.74. The molecule has 0 atom stereocenters. The lowest BCUT2D eigenvalue weighted by molar-refractivity contribution is -0.909. The third-order valence-electron chi connectivity index (χ3n) is 2.42. The van der Waals surface area contributed by atoms with E-state index in [4.69, 9.17) is 0 Å². The van der Waals surface area contributed by atoms with Crippen LogP contribution in [0.3, 0.4) is 0 Å². The molecule has 1 N–H and O–H groups in total. The maximum Gasteiger partial charge on any atom is 0.0911 e. The number of likely N-dealkylation sites (N-methyl/N-ethyl adjacent to an activating group) is 1. The zero-order valence-corrected chi connectivity index (χ0v) is 8.45. The molecule has 0 aromatic heterocycles. The van der Waals surface area contributed by atoms with Crippen LogP contribution in [-0.4, -0.2) is 44.3 Å². The topological polar surface area (TPSA) is 12.0 Å². The number of piperazine rings is 1. The van der Waals surface area contributed by atoms with Crippen LogP contribution in [0.15, 0.2) is 0 Å². The highest BCUT2D eigenvalue weighted by molar-refractivity contribution is 4.53. The number of rotatable bonds is 1. The summed E-state index contributed by atoms with van der Waals surface area (Å²) < 4.78 is 1.26. The fraction of sp³-hybridized carbons (Fsp3) is 1.00. The van der Waals surface area contributed by atoms with Crippen molar-refractivity contribution in [1.82, 2.24) is 5.32 Å². The molecule has 0 unspecified atom stereocenters. The van der Waals surface area contributed by atoms with Gasteiger partial charge in [0.15, 0.2) is 0 Å². The van der Waals surface area contributed by atoms with E-state index in [-0.39, 0.29) is 17.0 Å². The van der Waals surface area contributed by atoms with Crippen LogP contribution in [0.5, 0.6) is 0 Å². The molecule has 0 amide bonds. The molecule has 0 spiro atoms. The van der Waals surface area contributed by atoms with Crippen molar-refractivity contribution in [2.24, 2.45) is 0 Å². The van der Waals surface area contributed by atoms with Gasteiger partial charge in [-0.1, -0.05) is 0 Å². The Morgan fingerprint density at radius 2 is 1.80 bits per heavy atom. The average Bonchev–Trinajstić information content (AvgIpc) is 1.90. The second-order valence-corrected chi connectivity index (χ2v) is 3.13. The Morgan fingerprint density at radius 1 is 1.30 bits per heavy atom. The SMILES string of the molecule is CC[N+]1(C)CCNCC1.[Br-]. The van der Waals surface area contributed by atoms with Crippen LogP contribution in [0, 0.1) is 0 Å². The molecule has 10 heavy (non-hydrogen) atoms. The molecule has 0 aliphatic carbocycles. The molecular weight excluding hydrogens is 192 g/mol. The molecule has 0 bridgehead atoms. The number of nitrogens with zero attached hydrogens (tertiary/aromatic N) is 1. The molecular formula is C7H17BrN2. The Morgan fingerprint density at radius 3 is 2.10 bits per heavy atom. The number of quaternary nitrogens is 1. The summed E-state index contributed by atoms with van der Waals surface area (Å²) in [5.74, 6) is 0. The Bertz CT molecular complexity index is 89.6. The molecule has 0 aromatic carbocycles. The zero-order valence-electron chi connectivity index (χ0n) is 6.86. The monoisotopic (exact) mass is 208 g/mol. The summed E-state index contributed by atoms with van der Waals surface area (Å²) >= 11 is 0. The highest BCUT2D eigenvalue weighted by Gasteiger charge is 2.20. The van der Waals surface area contributed by atoms with E-state index in [1.807, 2.05) is 0 Å². The Labute approximate surface area is 74.0 Å². The van der Waals surface area contributed by atoms with E-state index in [2.05, 4.69) is 19.3 Å². The van der Waals surface area contributed by atoms with E-state index in [1.54, 1.807) is 0 Å². The smallest absolute Gasteiger partial charge is 0.0911 e. The van der Waals surface area contributed by atoms with Crippen LogP contribution in [0.2, 0.25) is 0 Å². The summed E-state index contributed by atoms with van der Waals surface area (Å²) in [7, 11) is 2.33. The van der Waals surface area contributed by atoms with Crippen molar-refractivity contribution >= 4 is 0 Å². The first-order chi connectivity index (χ1) is 4.27. The van der Waals surface area contributed by atoms with Gasteiger partial charge >= 0.3 is 0 Å². The van der Waals surface area contributed by atoms with Crippen molar-refractivity contribution in [2.45, 2.75) is 6.92 Å². The fourth-order valence-corrected chi connectivity index (χ4v) is 1.25. The van der Waals surface area contributed by atoms with Crippen LogP contribution < -0.4 is 22.3 Å². The minimum Gasteiger partial charge on any atom is -1.00 e. The molecule has 0 saturated carbocycles. The normalized spacial score (nSPS) is 23.4. The van der Waals surface area contributed by atoms with Gasteiger partial charge in [0, 0.05) is 13.1 Å². The quantitative estimate of drug-likeness (QED) is 0.456. The summed E-state index contributed by atoms with van der Waals surface area (Å²) in [6, 6.07) is 0. The maximum absolute atomic E-state index is 3.36. The van der Waals surface area contributed by atoms with Crippen molar-refractivity contribution in [3.8, 4) is 0 Å². The van der Waals surface area contributed by atoms with E-state index >= 15 is 0 Å². The number of nitrogens with one attached hydrogen (secondary N) is 1. The molecule has 0 aromatic rings. The highest BCUT2D eigenvalue weighted by Crippen LogP contribution is 2.01. The van der Waals surface area contributed by atoms with Crippen LogP contribution in [0.1, 0.15) is 6.92 Å². The lowest BCUT2D eigenvalue weighted by Crippen LogP contribution is -3.00. The summed E-state index contributed by atoms with van der Waals surface area (Å²) in [6.45, 7) is 8.55. The molecule has 1 aliphatic heterocycles. The van der Waals surface area contributed by atoms with Crippen LogP contribution in [0.4, 0.5) is 0 Å². The summed E-state index contributed by atoms with van der Waals surface area (Å²) in [4.78, 5) is 0. The molecule has 3 heteroatoms. The predicted octanol–water partition coefficient (Wildman–Crippen LogP) is -2.94. The molecule has 1 saturated heterocycles. The van der Waals surface area contributed by atoms with Crippen LogP contribution >= 0.6 is 0 Å². The van der Waals surface area contributed by atoms with Crippen LogP contribution in [0.25, 0.3) is 0 Å². The van der Waals surface area contributed by atoms with Gasteiger partial charge in [0.1, 0.15) is 0 Å². The molecule has 1 heterocycles. The molecule has 0 radical (unpaired) electrons. The van der Waals surface area contributed by atoms with Gasteiger partial charge in [0.25, 0.3) is 0 Å². The minimum atomic E-state index is 0. The van der Waals surface area contributed by atoms with E-state index in [9.17, 15) is 0 Å².